The van der Waals surface area contributed by atoms with Crippen molar-refractivity contribution in [3.05, 3.63) is 17.5 Å². The third-order valence-corrected chi connectivity index (χ3v) is 3.55. The van der Waals surface area contributed by atoms with Crippen molar-refractivity contribution in [3.8, 4) is 0 Å². The van der Waals surface area contributed by atoms with Crippen LogP contribution in [-0.4, -0.2) is 26.3 Å². The van der Waals surface area contributed by atoms with E-state index in [1.165, 1.54) is 4.21 Å². The second kappa shape index (κ2) is 5.59. The van der Waals surface area contributed by atoms with Gasteiger partial charge in [-0.25, -0.2) is 0 Å². The highest BCUT2D eigenvalue weighted by Gasteiger charge is 2.05. The van der Waals surface area contributed by atoms with Crippen LogP contribution in [0.2, 0.25) is 0 Å². The Morgan fingerprint density at radius 2 is 2.25 bits per heavy atom. The van der Waals surface area contributed by atoms with E-state index >= 15 is 0 Å². The van der Waals surface area contributed by atoms with Gasteiger partial charge in [0, 0.05) is 14.2 Å². The molecule has 68 valence electrons. The number of methoxy groups -OCH3 is 2. The number of thiophene rings is 1. The maximum atomic E-state index is 5.06. The van der Waals surface area contributed by atoms with Crippen LogP contribution in [0.15, 0.2) is 21.7 Å². The van der Waals surface area contributed by atoms with Crippen LogP contribution in [0.1, 0.15) is 0 Å². The highest BCUT2D eigenvalue weighted by Crippen LogP contribution is 2.24. The topological polar surface area (TPSA) is 18.5 Å². The Balaban J connectivity index is 2.25. The maximum Gasteiger partial charge on any atom is 0.166 e. The Bertz CT molecular complexity index is 195. The van der Waals surface area contributed by atoms with E-state index in [-0.39, 0.29) is 6.29 Å². The van der Waals surface area contributed by atoms with Crippen LogP contribution < -0.4 is 0 Å². The molecule has 1 rings (SSSR count). The zero-order valence-corrected chi connectivity index (χ0v) is 8.78. The molecule has 0 spiro atoms. The zero-order chi connectivity index (χ0) is 8.81. The molecular weight excluding hydrogens is 192 g/mol. The van der Waals surface area contributed by atoms with E-state index in [4.69, 9.17) is 9.47 Å². The minimum atomic E-state index is -0.0999. The molecule has 12 heavy (non-hydrogen) atoms. The summed E-state index contributed by atoms with van der Waals surface area (Å²) in [5, 5.41) is 2.07. The molecule has 1 aromatic heterocycles. The fourth-order valence-corrected chi connectivity index (χ4v) is 2.57. The van der Waals surface area contributed by atoms with Gasteiger partial charge in [0.15, 0.2) is 6.29 Å². The van der Waals surface area contributed by atoms with Crippen LogP contribution in [0.25, 0.3) is 0 Å². The summed E-state index contributed by atoms with van der Waals surface area (Å²) in [6, 6.07) is 4.14. The average Bonchev–Trinajstić information content (AvgIpc) is 2.59. The van der Waals surface area contributed by atoms with Crippen LogP contribution in [0.4, 0.5) is 0 Å². The molecule has 0 unspecified atom stereocenters. The van der Waals surface area contributed by atoms with Crippen molar-refractivity contribution in [1.29, 1.82) is 0 Å². The van der Waals surface area contributed by atoms with Crippen LogP contribution in [0.5, 0.6) is 0 Å². The molecule has 4 heteroatoms. The fraction of sp³-hybridized carbons (Fsp3) is 0.500. The summed E-state index contributed by atoms with van der Waals surface area (Å²) in [6.45, 7) is 0. The summed E-state index contributed by atoms with van der Waals surface area (Å²) in [6.07, 6.45) is -0.0999. The van der Waals surface area contributed by atoms with Gasteiger partial charge in [0.1, 0.15) is 0 Å². The van der Waals surface area contributed by atoms with E-state index < -0.39 is 0 Å². The van der Waals surface area contributed by atoms with Crippen LogP contribution >= 0.6 is 23.1 Å². The van der Waals surface area contributed by atoms with Crippen LogP contribution in [0.3, 0.4) is 0 Å². The molecule has 1 heterocycles. The molecule has 0 aliphatic carbocycles. The molecule has 0 aliphatic heterocycles. The minimum absolute atomic E-state index is 0.0999. The van der Waals surface area contributed by atoms with Gasteiger partial charge in [-0.15, -0.1) is 23.1 Å². The highest BCUT2D eigenvalue weighted by molar-refractivity contribution is 8.01. The Kier molecular flexibility index (Phi) is 4.68. The molecular formula is C8H12O2S2. The van der Waals surface area contributed by atoms with Crippen LogP contribution in [-0.2, 0) is 9.47 Å². The minimum Gasteiger partial charge on any atom is -0.355 e. The first-order chi connectivity index (χ1) is 5.86. The molecule has 1 aromatic rings. The molecule has 0 aliphatic rings. The molecule has 2 nitrogen and oxygen atoms in total. The van der Waals surface area contributed by atoms with E-state index in [9.17, 15) is 0 Å². The molecule has 0 bridgehead atoms. The van der Waals surface area contributed by atoms with E-state index in [0.717, 1.165) is 5.75 Å². The van der Waals surface area contributed by atoms with Crippen LogP contribution in [0, 0.1) is 0 Å². The van der Waals surface area contributed by atoms with Gasteiger partial charge in [0.05, 0.1) is 9.96 Å². The molecule has 0 saturated carbocycles. The molecule has 0 atom stereocenters. The number of thioether (sulfide) groups is 1. The standard InChI is InChI=1S/C8H12O2S2/c1-9-7(10-2)6-12-8-4-3-5-11-8/h3-5,7H,6H2,1-2H3. The molecule has 0 fully saturated rings. The Hall–Kier alpha value is -0.0300. The third kappa shape index (κ3) is 3.15. The predicted molar refractivity (Wildman–Crippen MR) is 52.8 cm³/mol. The Labute approximate surface area is 80.9 Å². The van der Waals surface area contributed by atoms with Crippen molar-refractivity contribution >= 4 is 23.1 Å². The highest BCUT2D eigenvalue weighted by atomic mass is 32.2. The predicted octanol–water partition coefficient (Wildman–Crippen LogP) is 2.46. The molecule has 0 N–H and O–H groups in total. The maximum absolute atomic E-state index is 5.06. The lowest BCUT2D eigenvalue weighted by atomic mass is 10.7. The van der Waals surface area contributed by atoms with E-state index in [0.29, 0.717) is 0 Å². The molecule has 0 amide bonds. The van der Waals surface area contributed by atoms with Gasteiger partial charge >= 0.3 is 0 Å². The lowest BCUT2D eigenvalue weighted by Crippen LogP contribution is -2.15. The van der Waals surface area contributed by atoms with E-state index in [1.807, 2.05) is 6.07 Å². The van der Waals surface area contributed by atoms with Gasteiger partial charge < -0.3 is 9.47 Å². The van der Waals surface area contributed by atoms with Crippen molar-refractivity contribution in [2.75, 3.05) is 20.0 Å². The molecule has 0 radical (unpaired) electrons. The summed E-state index contributed by atoms with van der Waals surface area (Å²) in [4.78, 5) is 0. The first kappa shape index (κ1) is 10.1. The zero-order valence-electron chi connectivity index (χ0n) is 7.15. The number of rotatable bonds is 5. The largest absolute Gasteiger partial charge is 0.355 e. The van der Waals surface area contributed by atoms with E-state index in [2.05, 4.69) is 11.4 Å². The van der Waals surface area contributed by atoms with Crippen molar-refractivity contribution < 1.29 is 9.47 Å². The summed E-state index contributed by atoms with van der Waals surface area (Å²) >= 11 is 3.49. The first-order valence-corrected chi connectivity index (χ1v) is 5.45. The normalized spacial score (nSPS) is 10.9. The van der Waals surface area contributed by atoms with E-state index in [1.54, 1.807) is 37.3 Å². The summed E-state index contributed by atoms with van der Waals surface area (Å²) in [5.74, 6) is 0.841. The van der Waals surface area contributed by atoms with Crippen molar-refractivity contribution in [2.45, 2.75) is 10.5 Å². The number of hydrogen-bond donors (Lipinski definition) is 0. The van der Waals surface area contributed by atoms with Gasteiger partial charge in [-0.3, -0.25) is 0 Å². The monoisotopic (exact) mass is 204 g/mol. The average molecular weight is 204 g/mol. The summed E-state index contributed by atoms with van der Waals surface area (Å²) in [7, 11) is 3.31. The van der Waals surface area contributed by atoms with Crippen molar-refractivity contribution in [2.24, 2.45) is 0 Å². The van der Waals surface area contributed by atoms with Gasteiger partial charge in [-0.05, 0) is 11.4 Å². The van der Waals surface area contributed by atoms with Crippen molar-refractivity contribution in [1.82, 2.24) is 0 Å². The third-order valence-electron chi connectivity index (χ3n) is 1.38. The van der Waals surface area contributed by atoms with Gasteiger partial charge in [-0.2, -0.15) is 0 Å². The Morgan fingerprint density at radius 3 is 2.75 bits per heavy atom. The second-order valence-corrected chi connectivity index (χ2v) is 4.41. The van der Waals surface area contributed by atoms with Gasteiger partial charge in [-0.1, -0.05) is 6.07 Å². The van der Waals surface area contributed by atoms with Crippen molar-refractivity contribution in [3.63, 3.8) is 0 Å². The lowest BCUT2D eigenvalue weighted by Gasteiger charge is -2.11. The van der Waals surface area contributed by atoms with Gasteiger partial charge in [0.25, 0.3) is 0 Å². The molecule has 0 aromatic carbocycles. The fourth-order valence-electron chi connectivity index (χ4n) is 0.728. The number of hydrogen-bond acceptors (Lipinski definition) is 4. The smallest absolute Gasteiger partial charge is 0.166 e. The molecule has 0 saturated heterocycles. The second-order valence-electron chi connectivity index (χ2n) is 2.14. The van der Waals surface area contributed by atoms with Gasteiger partial charge in [0.2, 0.25) is 0 Å². The SMILES string of the molecule is COC(CSc1cccs1)OC. The quantitative estimate of drug-likeness (QED) is 0.542. The number of ether oxygens (including phenoxy) is 2. The lowest BCUT2D eigenvalue weighted by molar-refractivity contribution is -0.0842. The summed E-state index contributed by atoms with van der Waals surface area (Å²) < 4.78 is 11.4. The summed E-state index contributed by atoms with van der Waals surface area (Å²) in [5.41, 5.74) is 0. The first-order valence-electron chi connectivity index (χ1n) is 3.58. The Morgan fingerprint density at radius 1 is 1.50 bits per heavy atom.